The molecule has 0 aromatic rings. The van der Waals surface area contributed by atoms with Gasteiger partial charge in [-0.25, -0.2) is 0 Å². The Bertz CT molecular complexity index is 9.61. The molecular weight excluding hydrogens is 360 g/mol. The molecule has 0 unspecified atom stereocenters. The Morgan fingerprint density at radius 3 is 1.20 bits per heavy atom. The second kappa shape index (κ2) is 30.3. The molecule has 0 spiro atoms. The summed E-state index contributed by atoms with van der Waals surface area (Å²) >= 11 is 5.51. The maximum Gasteiger partial charge on any atom is 4.00 e. The molecule has 0 amide bonds. The minimum Gasteiger partial charge on any atom is -2.00 e. The fourth-order valence-electron chi connectivity index (χ4n) is 0. The van der Waals surface area contributed by atoms with E-state index < -0.39 is 0 Å². The first-order valence-corrected chi connectivity index (χ1v) is 3.50. The Hall–Kier alpha value is 2.63. The molecule has 5 heteroatoms. The molecule has 0 fully saturated rings. The summed E-state index contributed by atoms with van der Waals surface area (Å²) in [6.45, 7) is 0. The summed E-state index contributed by atoms with van der Waals surface area (Å²) < 4.78 is 0. The molecule has 0 bridgehead atoms. The summed E-state index contributed by atoms with van der Waals surface area (Å²) in [5.41, 5.74) is 0. The second-order valence-electron chi connectivity index (χ2n) is 0. The molecule has 0 aromatic carbocycles. The van der Waals surface area contributed by atoms with Gasteiger partial charge in [0.05, 0.1) is 0 Å². The summed E-state index contributed by atoms with van der Waals surface area (Å²) in [7, 11) is 0. The summed E-state index contributed by atoms with van der Waals surface area (Å²) in [5.74, 6) is 0. The van der Waals surface area contributed by atoms with Crippen molar-refractivity contribution in [3.63, 3.8) is 0 Å². The first kappa shape index (κ1) is 25.4. The van der Waals surface area contributed by atoms with Crippen LogP contribution in [-0.4, -0.2) is 0 Å². The summed E-state index contributed by atoms with van der Waals surface area (Å²) in [4.78, 5) is 0. The van der Waals surface area contributed by atoms with Crippen LogP contribution in [0.2, 0.25) is 0 Å². The largest absolute Gasteiger partial charge is 4.00 e. The standard InChI is InChI=1S/2Ag.BrH.O.Ti/h;;1H;;/q2*+1;;-2;+4/p-1. The van der Waals surface area contributed by atoms with Gasteiger partial charge in [-0.2, -0.15) is 0 Å². The van der Waals surface area contributed by atoms with Crippen molar-refractivity contribution < 1.29 is 68.5 Å². The first-order valence-electron chi connectivity index (χ1n) is 0.114. The number of halogens is 1. The fraction of sp³-hybridized carbons (Fsp3) is 0. The summed E-state index contributed by atoms with van der Waals surface area (Å²) in [6, 6.07) is 0. The molecule has 0 aliphatic carbocycles. The van der Waals surface area contributed by atoms with Crippen LogP contribution < -0.4 is 0 Å². The Kier molecular flexibility index (Phi) is 154. The maximum atomic E-state index is 2.76. The third kappa shape index (κ3) is 20.5. The van der Waals surface area contributed by atoms with Gasteiger partial charge in [0, 0.05) is 0 Å². The van der Waals surface area contributed by atoms with Crippen LogP contribution in [0.4, 0.5) is 0 Å². The molecule has 0 radical (unpaired) electrons. The van der Waals surface area contributed by atoms with E-state index >= 15 is 0 Å². The van der Waals surface area contributed by atoms with Crippen LogP contribution in [0, 0.1) is 0 Å². The molecule has 0 aliphatic heterocycles. The van der Waals surface area contributed by atoms with Crippen LogP contribution in [-0.2, 0) is 68.5 Å². The second-order valence-corrected chi connectivity index (χ2v) is 0. The van der Waals surface area contributed by atoms with Gasteiger partial charge >= 0.3 is 76.1 Å². The van der Waals surface area contributed by atoms with E-state index in [1.807, 2.05) is 0 Å². The molecule has 0 atom stereocenters. The number of hydrogen-bond acceptors (Lipinski definition) is 0. The molecule has 0 N–H and O–H groups in total. The average molecular weight is 360 g/mol. The predicted molar refractivity (Wildman–Crippen MR) is 9.61 cm³/mol. The van der Waals surface area contributed by atoms with E-state index in [4.69, 9.17) is 0 Å². The van der Waals surface area contributed by atoms with Gasteiger partial charge < -0.3 is 5.48 Å². The van der Waals surface area contributed by atoms with Gasteiger partial charge in [-0.05, 0) is 0 Å². The predicted octanol–water partition coefficient (Wildman–Crippen LogP) is 0.719. The zero-order valence-electron chi connectivity index (χ0n) is 1.89. The molecule has 0 saturated heterocycles. The topological polar surface area (TPSA) is 28.5 Å². The molecule has 36 valence electrons. The average Bonchev–Trinajstić information content (AvgIpc) is 1.00. The van der Waals surface area contributed by atoms with Gasteiger partial charge in [0.15, 0.2) is 0 Å². The van der Waals surface area contributed by atoms with E-state index in [1.54, 1.807) is 0 Å². The number of hydrogen-bond donors (Lipinski definition) is 0. The molecule has 0 rings (SSSR count). The molecular formula is Ag2BrOTi+3. The Labute approximate surface area is 80.2 Å². The van der Waals surface area contributed by atoms with Crippen LogP contribution in [0.1, 0.15) is 0 Å². The van der Waals surface area contributed by atoms with Crippen molar-refractivity contribution in [1.29, 1.82) is 0 Å². The molecule has 0 heterocycles. The van der Waals surface area contributed by atoms with Gasteiger partial charge in [0.25, 0.3) is 0 Å². The minimum atomic E-state index is 0. The molecule has 1 nitrogen and oxygen atoms in total. The van der Waals surface area contributed by atoms with Crippen molar-refractivity contribution in [2.24, 2.45) is 0 Å². The molecule has 0 aliphatic rings. The SMILES string of the molecule is [Ag+].[Br][Ag].[O-2].[Ti+4]. The van der Waals surface area contributed by atoms with Crippen molar-refractivity contribution >= 4 is 13.0 Å². The van der Waals surface area contributed by atoms with Crippen molar-refractivity contribution in [2.45, 2.75) is 0 Å². The van der Waals surface area contributed by atoms with Crippen LogP contribution in [0.3, 0.4) is 0 Å². The van der Waals surface area contributed by atoms with Gasteiger partial charge in [-0.3, -0.25) is 0 Å². The van der Waals surface area contributed by atoms with Gasteiger partial charge in [-0.15, -0.1) is 0 Å². The first-order chi connectivity index (χ1) is 1.00. The van der Waals surface area contributed by atoms with Gasteiger partial charge in [-0.1, -0.05) is 0 Å². The molecule has 0 saturated carbocycles. The zero-order valence-corrected chi connectivity index (χ0v) is 8.00. The van der Waals surface area contributed by atoms with Crippen molar-refractivity contribution in [2.75, 3.05) is 0 Å². The van der Waals surface area contributed by atoms with Crippen LogP contribution in [0.25, 0.3) is 0 Å². The van der Waals surface area contributed by atoms with Gasteiger partial charge in [0.1, 0.15) is 0 Å². The normalized spacial score (nSPS) is 1.40. The summed E-state index contributed by atoms with van der Waals surface area (Å²) in [6.07, 6.45) is 0. The number of rotatable bonds is 0. The monoisotopic (exact) mass is 357 g/mol. The van der Waals surface area contributed by atoms with E-state index in [-0.39, 0.29) is 49.6 Å². The quantitative estimate of drug-likeness (QED) is 0.571. The van der Waals surface area contributed by atoms with Crippen molar-refractivity contribution in [1.82, 2.24) is 0 Å². The van der Waals surface area contributed by atoms with Crippen molar-refractivity contribution in [3.05, 3.63) is 0 Å². The smallest absolute Gasteiger partial charge is 2.00 e. The van der Waals surface area contributed by atoms with Gasteiger partial charge in [0.2, 0.25) is 0 Å². The van der Waals surface area contributed by atoms with E-state index in [0.29, 0.717) is 0 Å². The Morgan fingerprint density at radius 2 is 1.20 bits per heavy atom. The van der Waals surface area contributed by atoms with Crippen molar-refractivity contribution in [3.8, 4) is 0 Å². The van der Waals surface area contributed by atoms with E-state index in [1.165, 1.54) is 0 Å². The van der Waals surface area contributed by atoms with E-state index in [2.05, 4.69) is 32.0 Å². The minimum absolute atomic E-state index is 0. The van der Waals surface area contributed by atoms with Crippen LogP contribution in [0.15, 0.2) is 0 Å². The van der Waals surface area contributed by atoms with Crippen LogP contribution >= 0.6 is 13.0 Å². The van der Waals surface area contributed by atoms with E-state index in [9.17, 15) is 0 Å². The summed E-state index contributed by atoms with van der Waals surface area (Å²) in [5, 5.41) is 0. The third-order valence-corrected chi connectivity index (χ3v) is 0. The Morgan fingerprint density at radius 1 is 1.20 bits per heavy atom. The fourth-order valence-corrected chi connectivity index (χ4v) is 0. The Balaban J connectivity index is -0.00000000167. The van der Waals surface area contributed by atoms with E-state index in [0.717, 1.165) is 0 Å². The maximum absolute atomic E-state index is 2.76. The van der Waals surface area contributed by atoms with Crippen LogP contribution in [0.5, 0.6) is 0 Å². The molecule has 5 heavy (non-hydrogen) atoms. The third-order valence-electron chi connectivity index (χ3n) is 0. The zero-order chi connectivity index (χ0) is 2.00. The molecule has 0 aromatic heterocycles.